The van der Waals surface area contributed by atoms with Crippen molar-refractivity contribution in [1.29, 1.82) is 0 Å². The van der Waals surface area contributed by atoms with Gasteiger partial charge in [0.25, 0.3) is 0 Å². The molecule has 0 radical (unpaired) electrons. The van der Waals surface area contributed by atoms with Crippen molar-refractivity contribution in [2.45, 2.75) is 6.92 Å². The van der Waals surface area contributed by atoms with Crippen LogP contribution in [0.3, 0.4) is 0 Å². The number of rotatable bonds is 1. The Morgan fingerprint density at radius 1 is 1.12 bits per heavy atom. The minimum atomic E-state index is -0.632. The van der Waals surface area contributed by atoms with Gasteiger partial charge in [-0.25, -0.2) is 4.99 Å². The lowest BCUT2D eigenvalue weighted by molar-refractivity contribution is -0.126. The van der Waals surface area contributed by atoms with Crippen LogP contribution in [0, 0.1) is 5.92 Å². The minimum Gasteiger partial charge on any atom is -0.399 e. The fourth-order valence-electron chi connectivity index (χ4n) is 1.52. The third kappa shape index (κ3) is 2.30. The molecular weight excluding hydrogens is 216 g/mol. The van der Waals surface area contributed by atoms with Crippen LogP contribution in [-0.2, 0) is 9.59 Å². The number of nitrogens with two attached hydrogens (primary N) is 1. The van der Waals surface area contributed by atoms with Gasteiger partial charge in [0.1, 0.15) is 5.71 Å². The Kier molecular flexibility index (Phi) is 2.87. The molecule has 0 aliphatic heterocycles. The molecule has 2 N–H and O–H groups in total. The first-order chi connectivity index (χ1) is 8.08. The Hall–Kier alpha value is -2.23. The van der Waals surface area contributed by atoms with E-state index in [2.05, 4.69) is 4.99 Å². The average Bonchev–Trinajstić information content (AvgIpc) is 2.33. The second-order valence-corrected chi connectivity index (χ2v) is 3.91. The van der Waals surface area contributed by atoms with Crippen molar-refractivity contribution in [3.05, 3.63) is 36.4 Å². The molecule has 17 heavy (non-hydrogen) atoms. The highest BCUT2D eigenvalue weighted by Crippen LogP contribution is 2.17. The predicted octanol–water partition coefficient (Wildman–Crippen LogP) is 1.69. The fourth-order valence-corrected chi connectivity index (χ4v) is 1.52. The maximum Gasteiger partial charge on any atom is 0.191 e. The molecule has 2 rings (SSSR count). The molecule has 1 unspecified atom stereocenters. The van der Waals surface area contributed by atoms with Gasteiger partial charge in [0.05, 0.1) is 11.6 Å². The SMILES string of the molecule is CC1C(=O)C=CC(=Nc2ccc(N)cc2)C1=O. The first-order valence-electron chi connectivity index (χ1n) is 5.28. The summed E-state index contributed by atoms with van der Waals surface area (Å²) in [5.41, 5.74) is 7.15. The lowest BCUT2D eigenvalue weighted by atomic mass is 9.92. The lowest BCUT2D eigenvalue weighted by Crippen LogP contribution is -2.29. The Labute approximate surface area is 98.8 Å². The molecule has 1 aliphatic carbocycles. The molecule has 0 bridgehead atoms. The molecule has 1 aromatic rings. The Balaban J connectivity index is 2.34. The van der Waals surface area contributed by atoms with Gasteiger partial charge in [-0.05, 0) is 43.3 Å². The van der Waals surface area contributed by atoms with E-state index >= 15 is 0 Å². The van der Waals surface area contributed by atoms with E-state index in [1.165, 1.54) is 12.2 Å². The van der Waals surface area contributed by atoms with Gasteiger partial charge < -0.3 is 5.73 Å². The average molecular weight is 228 g/mol. The smallest absolute Gasteiger partial charge is 0.191 e. The number of nitrogens with zero attached hydrogens (tertiary/aromatic N) is 1. The van der Waals surface area contributed by atoms with E-state index in [-0.39, 0.29) is 11.6 Å². The summed E-state index contributed by atoms with van der Waals surface area (Å²) in [6.07, 6.45) is 2.85. The van der Waals surface area contributed by atoms with Gasteiger partial charge in [-0.2, -0.15) is 0 Å². The van der Waals surface area contributed by atoms with Crippen molar-refractivity contribution >= 4 is 28.7 Å². The zero-order valence-electron chi connectivity index (χ0n) is 9.38. The topological polar surface area (TPSA) is 72.5 Å². The molecule has 0 spiro atoms. The summed E-state index contributed by atoms with van der Waals surface area (Å²) in [4.78, 5) is 27.2. The van der Waals surface area contributed by atoms with Gasteiger partial charge in [-0.1, -0.05) is 0 Å². The number of hydrogen-bond acceptors (Lipinski definition) is 4. The number of benzene rings is 1. The molecule has 0 heterocycles. The number of aliphatic imine (C=N–C) groups is 1. The Morgan fingerprint density at radius 2 is 1.76 bits per heavy atom. The number of anilines is 1. The van der Waals surface area contributed by atoms with Crippen LogP contribution in [0.4, 0.5) is 11.4 Å². The van der Waals surface area contributed by atoms with E-state index in [0.29, 0.717) is 17.1 Å². The number of Topliss-reactive ketones (excluding diaryl/α,β-unsaturated/α-hetero) is 1. The molecule has 1 atom stereocenters. The molecular formula is C13H12N2O2. The molecule has 0 saturated heterocycles. The summed E-state index contributed by atoms with van der Waals surface area (Å²) < 4.78 is 0. The quantitative estimate of drug-likeness (QED) is 0.587. The minimum absolute atomic E-state index is 0.175. The Bertz CT molecular complexity index is 527. The highest BCUT2D eigenvalue weighted by molar-refractivity contribution is 6.50. The van der Waals surface area contributed by atoms with Crippen molar-refractivity contribution in [3.8, 4) is 0 Å². The van der Waals surface area contributed by atoms with Crippen LogP contribution in [-0.4, -0.2) is 17.3 Å². The first kappa shape index (κ1) is 11.3. The summed E-state index contributed by atoms with van der Waals surface area (Å²) in [7, 11) is 0. The molecule has 0 saturated carbocycles. The van der Waals surface area contributed by atoms with E-state index in [0.717, 1.165) is 0 Å². The monoisotopic (exact) mass is 228 g/mol. The molecule has 86 valence electrons. The van der Waals surface area contributed by atoms with Crippen LogP contribution in [0.5, 0.6) is 0 Å². The Morgan fingerprint density at radius 3 is 2.41 bits per heavy atom. The third-order valence-corrected chi connectivity index (χ3v) is 2.62. The van der Waals surface area contributed by atoms with E-state index in [1.807, 2.05) is 0 Å². The largest absolute Gasteiger partial charge is 0.399 e. The molecule has 0 amide bonds. The molecule has 4 heteroatoms. The number of nitrogen functional groups attached to an aromatic ring is 1. The van der Waals surface area contributed by atoms with Crippen molar-refractivity contribution in [3.63, 3.8) is 0 Å². The summed E-state index contributed by atoms with van der Waals surface area (Å²) >= 11 is 0. The molecule has 0 fully saturated rings. The van der Waals surface area contributed by atoms with Gasteiger partial charge in [0, 0.05) is 5.69 Å². The fraction of sp³-hybridized carbons (Fsp3) is 0.154. The number of ketones is 2. The molecule has 1 aromatic carbocycles. The van der Waals surface area contributed by atoms with Crippen molar-refractivity contribution in [2.24, 2.45) is 10.9 Å². The summed E-state index contributed by atoms with van der Waals surface area (Å²) in [5, 5.41) is 0. The molecule has 0 aromatic heterocycles. The van der Waals surface area contributed by atoms with Crippen LogP contribution >= 0.6 is 0 Å². The van der Waals surface area contributed by atoms with Crippen LogP contribution in [0.15, 0.2) is 41.4 Å². The second kappa shape index (κ2) is 4.33. The van der Waals surface area contributed by atoms with Gasteiger partial charge in [0.2, 0.25) is 0 Å². The summed E-state index contributed by atoms with van der Waals surface area (Å²) in [5.74, 6) is -1.05. The summed E-state index contributed by atoms with van der Waals surface area (Å²) in [6, 6.07) is 6.88. The van der Waals surface area contributed by atoms with Crippen molar-refractivity contribution in [1.82, 2.24) is 0 Å². The van der Waals surface area contributed by atoms with Gasteiger partial charge in [0.15, 0.2) is 11.6 Å². The first-order valence-corrected chi connectivity index (χ1v) is 5.28. The van der Waals surface area contributed by atoms with Crippen LogP contribution < -0.4 is 5.73 Å². The van der Waals surface area contributed by atoms with Crippen LogP contribution in [0.2, 0.25) is 0 Å². The highest BCUT2D eigenvalue weighted by atomic mass is 16.2. The van der Waals surface area contributed by atoms with Gasteiger partial charge in [-0.3, -0.25) is 9.59 Å². The molecule has 4 nitrogen and oxygen atoms in total. The van der Waals surface area contributed by atoms with Gasteiger partial charge in [-0.15, -0.1) is 0 Å². The maximum atomic E-state index is 11.8. The normalized spacial score (nSPS) is 22.2. The van der Waals surface area contributed by atoms with Crippen molar-refractivity contribution < 1.29 is 9.59 Å². The van der Waals surface area contributed by atoms with E-state index in [1.54, 1.807) is 31.2 Å². The number of carbonyl (C=O) groups excluding carboxylic acids is 2. The van der Waals surface area contributed by atoms with E-state index in [9.17, 15) is 9.59 Å². The van der Waals surface area contributed by atoms with E-state index < -0.39 is 5.92 Å². The maximum absolute atomic E-state index is 11.8. The second-order valence-electron chi connectivity index (χ2n) is 3.91. The zero-order valence-corrected chi connectivity index (χ0v) is 9.38. The third-order valence-electron chi connectivity index (χ3n) is 2.62. The predicted molar refractivity (Wildman–Crippen MR) is 66.3 cm³/mol. The van der Waals surface area contributed by atoms with Crippen molar-refractivity contribution in [2.75, 3.05) is 5.73 Å². The van der Waals surface area contributed by atoms with Crippen LogP contribution in [0.1, 0.15) is 6.92 Å². The number of allylic oxidation sites excluding steroid dienone is 2. The summed E-state index contributed by atoms with van der Waals surface area (Å²) in [6.45, 7) is 1.59. The zero-order chi connectivity index (χ0) is 12.4. The van der Waals surface area contributed by atoms with Gasteiger partial charge >= 0.3 is 0 Å². The molecule has 1 aliphatic rings. The number of carbonyl (C=O) groups is 2. The van der Waals surface area contributed by atoms with Crippen LogP contribution in [0.25, 0.3) is 0 Å². The standard InChI is InChI=1S/C13H12N2O2/c1-8-12(16)7-6-11(13(8)17)15-10-4-2-9(14)3-5-10/h2-8H,14H2,1H3. The van der Waals surface area contributed by atoms with E-state index in [4.69, 9.17) is 5.73 Å². The highest BCUT2D eigenvalue weighted by Gasteiger charge is 2.26. The lowest BCUT2D eigenvalue weighted by Gasteiger charge is -2.11. The number of hydrogen-bond donors (Lipinski definition) is 1.